The smallest absolute Gasteiger partial charge is 0.109 e. The van der Waals surface area contributed by atoms with Crippen molar-refractivity contribution in [3.63, 3.8) is 0 Å². The van der Waals surface area contributed by atoms with E-state index in [1.54, 1.807) is 12.3 Å². The highest BCUT2D eigenvalue weighted by atomic mass is 79.9. The van der Waals surface area contributed by atoms with E-state index >= 15 is 0 Å². The van der Waals surface area contributed by atoms with Gasteiger partial charge >= 0.3 is 0 Å². The van der Waals surface area contributed by atoms with E-state index in [4.69, 9.17) is 12.2 Å². The topological polar surface area (TPSA) is 38.9 Å². The van der Waals surface area contributed by atoms with Crippen molar-refractivity contribution in [2.75, 3.05) is 0 Å². The van der Waals surface area contributed by atoms with Crippen molar-refractivity contribution in [3.8, 4) is 12.3 Å². The maximum atomic E-state index is 5.53. The maximum Gasteiger partial charge on any atom is 0.109 e. The first-order valence-corrected chi connectivity index (χ1v) is 3.86. The Morgan fingerprint density at radius 3 is 2.82 bits per heavy atom. The molecule has 0 amide bonds. The first-order chi connectivity index (χ1) is 5.24. The van der Waals surface area contributed by atoms with Crippen LogP contribution in [-0.2, 0) is 0 Å². The molecule has 0 saturated carbocycles. The van der Waals surface area contributed by atoms with Crippen LogP contribution >= 0.6 is 15.9 Å². The molecule has 1 atom stereocenters. The Labute approximate surface area is 74.0 Å². The van der Waals surface area contributed by atoms with E-state index in [9.17, 15) is 0 Å². The molecule has 3 heteroatoms. The summed E-state index contributed by atoms with van der Waals surface area (Å²) in [6.07, 6.45) is 6.79. The molecular formula is C8H7BrN2. The number of nitrogens with two attached hydrogens (primary N) is 1. The zero-order valence-corrected chi connectivity index (χ0v) is 7.38. The summed E-state index contributed by atoms with van der Waals surface area (Å²) in [4.78, 5) is 4.03. The fourth-order valence-electron chi connectivity index (χ4n) is 0.657. The van der Waals surface area contributed by atoms with Crippen molar-refractivity contribution < 1.29 is 0 Å². The van der Waals surface area contributed by atoms with Gasteiger partial charge in [0.1, 0.15) is 6.04 Å². The molecule has 0 saturated heterocycles. The summed E-state index contributed by atoms with van der Waals surface area (Å²) in [6, 6.07) is 3.26. The molecule has 1 aromatic heterocycles. The SMILES string of the molecule is C#CC(N)c1ccc(Br)cn1. The summed E-state index contributed by atoms with van der Waals surface area (Å²) < 4.78 is 0.922. The van der Waals surface area contributed by atoms with Crippen LogP contribution in [0.15, 0.2) is 22.8 Å². The van der Waals surface area contributed by atoms with E-state index in [2.05, 4.69) is 26.8 Å². The molecule has 56 valence electrons. The molecule has 0 aliphatic rings. The molecule has 1 heterocycles. The Balaban J connectivity index is 2.92. The van der Waals surface area contributed by atoms with Gasteiger partial charge in [-0.2, -0.15) is 0 Å². The highest BCUT2D eigenvalue weighted by molar-refractivity contribution is 9.10. The lowest BCUT2D eigenvalue weighted by Crippen LogP contribution is -2.08. The van der Waals surface area contributed by atoms with Crippen LogP contribution < -0.4 is 5.73 Å². The predicted octanol–water partition coefficient (Wildman–Crippen LogP) is 1.48. The zero-order valence-electron chi connectivity index (χ0n) is 5.79. The molecule has 0 fully saturated rings. The summed E-state index contributed by atoms with van der Waals surface area (Å²) in [5.74, 6) is 2.40. The molecule has 1 rings (SSSR count). The van der Waals surface area contributed by atoms with Gasteiger partial charge in [0.05, 0.1) is 5.69 Å². The molecule has 1 unspecified atom stereocenters. The molecule has 1 aromatic rings. The van der Waals surface area contributed by atoms with Crippen molar-refractivity contribution in [3.05, 3.63) is 28.5 Å². The van der Waals surface area contributed by atoms with Gasteiger partial charge in [-0.1, -0.05) is 5.92 Å². The first kappa shape index (κ1) is 8.25. The molecule has 0 bridgehead atoms. The number of pyridine rings is 1. The average molecular weight is 211 g/mol. The maximum absolute atomic E-state index is 5.53. The van der Waals surface area contributed by atoms with Crippen molar-refractivity contribution >= 4 is 15.9 Å². The van der Waals surface area contributed by atoms with Gasteiger partial charge in [0.15, 0.2) is 0 Å². The zero-order chi connectivity index (χ0) is 8.27. The Morgan fingerprint density at radius 1 is 1.64 bits per heavy atom. The Morgan fingerprint density at radius 2 is 2.36 bits per heavy atom. The van der Waals surface area contributed by atoms with E-state index in [0.29, 0.717) is 0 Å². The number of terminal acetylenes is 1. The first-order valence-electron chi connectivity index (χ1n) is 3.07. The van der Waals surface area contributed by atoms with Crippen molar-refractivity contribution in [2.24, 2.45) is 5.73 Å². The van der Waals surface area contributed by atoms with Crippen LogP contribution in [0.2, 0.25) is 0 Å². The van der Waals surface area contributed by atoms with Gasteiger partial charge in [-0.3, -0.25) is 4.98 Å². The third kappa shape index (κ3) is 2.04. The van der Waals surface area contributed by atoms with E-state index in [1.807, 2.05) is 6.07 Å². The number of hydrogen-bond acceptors (Lipinski definition) is 2. The lowest BCUT2D eigenvalue weighted by atomic mass is 10.2. The second kappa shape index (κ2) is 3.51. The number of rotatable bonds is 1. The highest BCUT2D eigenvalue weighted by Crippen LogP contribution is 2.10. The van der Waals surface area contributed by atoms with Crippen LogP contribution in [0.5, 0.6) is 0 Å². The molecule has 11 heavy (non-hydrogen) atoms. The fraction of sp³-hybridized carbons (Fsp3) is 0.125. The lowest BCUT2D eigenvalue weighted by molar-refractivity contribution is 0.889. The quantitative estimate of drug-likeness (QED) is 0.714. The Kier molecular flexibility index (Phi) is 2.64. The summed E-state index contributed by atoms with van der Waals surface area (Å²) in [5, 5.41) is 0. The van der Waals surface area contributed by atoms with Gasteiger partial charge in [0.25, 0.3) is 0 Å². The van der Waals surface area contributed by atoms with Crippen molar-refractivity contribution in [1.82, 2.24) is 4.98 Å². The van der Waals surface area contributed by atoms with Gasteiger partial charge in [0.2, 0.25) is 0 Å². The molecule has 2 nitrogen and oxygen atoms in total. The third-order valence-electron chi connectivity index (χ3n) is 1.25. The third-order valence-corrected chi connectivity index (χ3v) is 1.72. The molecular weight excluding hydrogens is 204 g/mol. The Hall–Kier alpha value is -0.850. The van der Waals surface area contributed by atoms with Crippen molar-refractivity contribution in [2.45, 2.75) is 6.04 Å². The van der Waals surface area contributed by atoms with E-state index in [-0.39, 0.29) is 0 Å². The van der Waals surface area contributed by atoms with Gasteiger partial charge in [-0.25, -0.2) is 0 Å². The molecule has 0 aliphatic carbocycles. The summed E-state index contributed by atoms with van der Waals surface area (Å²) in [5.41, 5.74) is 6.25. The average Bonchev–Trinajstić information content (AvgIpc) is 2.05. The number of aromatic nitrogens is 1. The normalized spacial score (nSPS) is 12.1. The lowest BCUT2D eigenvalue weighted by Gasteiger charge is -2.01. The van der Waals surface area contributed by atoms with Crippen LogP contribution in [0.25, 0.3) is 0 Å². The minimum atomic E-state index is -0.400. The second-order valence-electron chi connectivity index (χ2n) is 2.05. The minimum absolute atomic E-state index is 0.400. The monoisotopic (exact) mass is 210 g/mol. The standard InChI is InChI=1S/C8H7BrN2/c1-2-7(10)8-4-3-6(9)5-11-8/h1,3-5,7H,10H2. The summed E-state index contributed by atoms with van der Waals surface area (Å²) in [6.45, 7) is 0. The van der Waals surface area contributed by atoms with Gasteiger partial charge in [-0.05, 0) is 28.1 Å². The summed E-state index contributed by atoms with van der Waals surface area (Å²) >= 11 is 3.26. The highest BCUT2D eigenvalue weighted by Gasteiger charge is 2.01. The van der Waals surface area contributed by atoms with E-state index < -0.39 is 6.04 Å². The molecule has 0 spiro atoms. The van der Waals surface area contributed by atoms with Crippen LogP contribution in [0, 0.1) is 12.3 Å². The number of halogens is 1. The molecule has 0 aromatic carbocycles. The van der Waals surface area contributed by atoms with E-state index in [1.165, 1.54) is 0 Å². The van der Waals surface area contributed by atoms with Crippen molar-refractivity contribution in [1.29, 1.82) is 0 Å². The summed E-state index contributed by atoms with van der Waals surface area (Å²) in [7, 11) is 0. The van der Waals surface area contributed by atoms with Gasteiger partial charge in [-0.15, -0.1) is 6.42 Å². The second-order valence-corrected chi connectivity index (χ2v) is 2.96. The molecule has 0 radical (unpaired) electrons. The molecule has 2 N–H and O–H groups in total. The van der Waals surface area contributed by atoms with Crippen LogP contribution in [0.4, 0.5) is 0 Å². The van der Waals surface area contributed by atoms with E-state index in [0.717, 1.165) is 10.2 Å². The number of nitrogens with zero attached hydrogens (tertiary/aromatic N) is 1. The van der Waals surface area contributed by atoms with Crippen LogP contribution in [0.3, 0.4) is 0 Å². The number of hydrogen-bond donors (Lipinski definition) is 1. The fourth-order valence-corrected chi connectivity index (χ4v) is 0.891. The van der Waals surface area contributed by atoms with Crippen LogP contribution in [-0.4, -0.2) is 4.98 Å². The Bertz CT molecular complexity index is 273. The van der Waals surface area contributed by atoms with Crippen LogP contribution in [0.1, 0.15) is 11.7 Å². The van der Waals surface area contributed by atoms with Gasteiger partial charge in [0, 0.05) is 10.7 Å². The largest absolute Gasteiger partial charge is 0.313 e. The predicted molar refractivity (Wildman–Crippen MR) is 47.7 cm³/mol. The molecule has 0 aliphatic heterocycles. The van der Waals surface area contributed by atoms with Gasteiger partial charge < -0.3 is 5.73 Å². The minimum Gasteiger partial charge on any atom is -0.313 e.